The van der Waals surface area contributed by atoms with Crippen molar-refractivity contribution >= 4 is 11.6 Å². The van der Waals surface area contributed by atoms with Crippen LogP contribution in [0.4, 0.5) is 14.5 Å². The molecule has 1 aliphatic carbocycles. The van der Waals surface area contributed by atoms with Gasteiger partial charge in [0.2, 0.25) is 5.91 Å². The van der Waals surface area contributed by atoms with Crippen LogP contribution in [0.1, 0.15) is 44.9 Å². The number of halogens is 2. The number of aliphatic hydroxyl groups is 1. The van der Waals surface area contributed by atoms with Gasteiger partial charge in [0.25, 0.3) is 0 Å². The minimum Gasteiger partial charge on any atom is -0.389 e. The van der Waals surface area contributed by atoms with Crippen LogP contribution < -0.4 is 10.2 Å². The summed E-state index contributed by atoms with van der Waals surface area (Å²) in [6.45, 7) is 1.10. The topological polar surface area (TPSA) is 52.6 Å². The number of nitrogens with zero attached hydrogens (tertiary/aromatic N) is 1. The van der Waals surface area contributed by atoms with Gasteiger partial charge in [-0.15, -0.1) is 0 Å². The summed E-state index contributed by atoms with van der Waals surface area (Å²) in [5.74, 6) is -1.33. The van der Waals surface area contributed by atoms with Crippen molar-refractivity contribution in [1.82, 2.24) is 5.32 Å². The van der Waals surface area contributed by atoms with E-state index in [1.165, 1.54) is 12.1 Å². The first-order valence-corrected chi connectivity index (χ1v) is 8.67. The number of hydrogen-bond acceptors (Lipinski definition) is 3. The van der Waals surface area contributed by atoms with Crippen molar-refractivity contribution < 1.29 is 18.7 Å². The molecule has 2 fully saturated rings. The Labute approximate surface area is 140 Å². The van der Waals surface area contributed by atoms with E-state index < -0.39 is 17.2 Å². The zero-order valence-electron chi connectivity index (χ0n) is 13.7. The van der Waals surface area contributed by atoms with Gasteiger partial charge in [-0.25, -0.2) is 8.78 Å². The van der Waals surface area contributed by atoms with Crippen molar-refractivity contribution in [1.29, 1.82) is 0 Å². The molecule has 1 aliphatic heterocycles. The highest BCUT2D eigenvalue weighted by atomic mass is 19.1. The molecule has 2 N–H and O–H groups in total. The lowest BCUT2D eigenvalue weighted by molar-refractivity contribution is -0.128. The van der Waals surface area contributed by atoms with Gasteiger partial charge in [-0.2, -0.15) is 0 Å². The Morgan fingerprint density at radius 2 is 2.04 bits per heavy atom. The van der Waals surface area contributed by atoms with Crippen LogP contribution in [0.5, 0.6) is 0 Å². The van der Waals surface area contributed by atoms with Crippen LogP contribution in [0.3, 0.4) is 0 Å². The quantitative estimate of drug-likeness (QED) is 0.888. The van der Waals surface area contributed by atoms with E-state index in [9.17, 15) is 18.7 Å². The normalized spacial score (nSPS) is 23.3. The highest BCUT2D eigenvalue weighted by Crippen LogP contribution is 2.31. The lowest BCUT2D eigenvalue weighted by Gasteiger charge is -2.31. The molecule has 1 amide bonds. The zero-order valence-corrected chi connectivity index (χ0v) is 13.7. The van der Waals surface area contributed by atoms with Gasteiger partial charge >= 0.3 is 0 Å². The number of hydrogen-bond donors (Lipinski definition) is 2. The molecule has 1 aromatic carbocycles. The smallest absolute Gasteiger partial charge is 0.223 e. The van der Waals surface area contributed by atoms with E-state index >= 15 is 0 Å². The molecule has 2 aliphatic rings. The molecule has 1 saturated carbocycles. The van der Waals surface area contributed by atoms with Gasteiger partial charge in [-0.05, 0) is 31.4 Å². The first-order chi connectivity index (χ1) is 11.5. The summed E-state index contributed by atoms with van der Waals surface area (Å²) in [6.07, 6.45) is 5.24. The second kappa shape index (κ2) is 7.05. The van der Waals surface area contributed by atoms with Crippen molar-refractivity contribution in [2.45, 2.75) is 56.6 Å². The molecule has 1 aromatic rings. The van der Waals surface area contributed by atoms with Crippen molar-refractivity contribution in [2.75, 3.05) is 18.0 Å². The Kier molecular flexibility index (Phi) is 5.04. The fourth-order valence-corrected chi connectivity index (χ4v) is 3.80. The summed E-state index contributed by atoms with van der Waals surface area (Å²) in [4.78, 5) is 14.0. The third-order valence-corrected chi connectivity index (χ3v) is 5.08. The fourth-order valence-electron chi connectivity index (χ4n) is 3.80. The zero-order chi connectivity index (χ0) is 17.2. The van der Waals surface area contributed by atoms with Gasteiger partial charge in [-0.3, -0.25) is 4.79 Å². The standard InChI is InChI=1S/C18H24F2N2O2/c19-13-4-5-16(15(20)10-13)22-9-6-14(12-22)21-17(23)11-18(24)7-2-1-3-8-18/h4-5,10,14,24H,1-3,6-9,11-12H2,(H,21,23). The summed E-state index contributed by atoms with van der Waals surface area (Å²) in [5.41, 5.74) is -0.511. The predicted octanol–water partition coefficient (Wildman–Crippen LogP) is 2.75. The molecular formula is C18H24F2N2O2. The lowest BCUT2D eigenvalue weighted by atomic mass is 9.82. The third kappa shape index (κ3) is 4.04. The van der Waals surface area contributed by atoms with Crippen LogP contribution in [0.15, 0.2) is 18.2 Å². The lowest BCUT2D eigenvalue weighted by Crippen LogP contribution is -2.43. The molecular weight excluding hydrogens is 314 g/mol. The SMILES string of the molecule is O=C(CC1(O)CCCCC1)NC1CCN(c2ccc(F)cc2F)C1. The Morgan fingerprint density at radius 1 is 1.29 bits per heavy atom. The number of nitrogens with one attached hydrogen (secondary N) is 1. The van der Waals surface area contributed by atoms with Crippen LogP contribution in [0.25, 0.3) is 0 Å². The summed E-state index contributed by atoms with van der Waals surface area (Å²) >= 11 is 0. The number of rotatable bonds is 4. The maximum atomic E-state index is 13.8. The van der Waals surface area contributed by atoms with Gasteiger partial charge in [0.15, 0.2) is 0 Å². The average molecular weight is 338 g/mol. The maximum Gasteiger partial charge on any atom is 0.223 e. The number of carbonyl (C=O) groups excluding carboxylic acids is 1. The summed E-state index contributed by atoms with van der Waals surface area (Å²) in [7, 11) is 0. The molecule has 3 rings (SSSR count). The molecule has 24 heavy (non-hydrogen) atoms. The van der Waals surface area contributed by atoms with E-state index in [1.54, 1.807) is 0 Å². The Bertz CT molecular complexity index is 603. The van der Waals surface area contributed by atoms with E-state index in [0.29, 0.717) is 38.0 Å². The molecule has 6 heteroatoms. The monoisotopic (exact) mass is 338 g/mol. The molecule has 0 spiro atoms. The first-order valence-electron chi connectivity index (χ1n) is 8.67. The van der Waals surface area contributed by atoms with E-state index in [4.69, 9.17) is 0 Å². The van der Waals surface area contributed by atoms with Crippen molar-refractivity contribution in [3.63, 3.8) is 0 Å². The van der Waals surface area contributed by atoms with Gasteiger partial charge in [0, 0.05) is 25.2 Å². The van der Waals surface area contributed by atoms with Crippen LogP contribution in [0.2, 0.25) is 0 Å². The van der Waals surface area contributed by atoms with Crippen LogP contribution >= 0.6 is 0 Å². The number of amides is 1. The number of anilines is 1. The Morgan fingerprint density at radius 3 is 2.75 bits per heavy atom. The van der Waals surface area contributed by atoms with Crippen molar-refractivity contribution in [2.24, 2.45) is 0 Å². The molecule has 1 atom stereocenters. The van der Waals surface area contributed by atoms with Gasteiger partial charge in [0.1, 0.15) is 11.6 Å². The predicted molar refractivity (Wildman–Crippen MR) is 87.8 cm³/mol. The molecule has 132 valence electrons. The Hall–Kier alpha value is -1.69. The minimum atomic E-state index is -0.871. The summed E-state index contributed by atoms with van der Waals surface area (Å²) < 4.78 is 26.9. The summed E-state index contributed by atoms with van der Waals surface area (Å²) in [6, 6.07) is 3.47. The van der Waals surface area contributed by atoms with E-state index in [2.05, 4.69) is 5.32 Å². The molecule has 0 radical (unpaired) electrons. The largest absolute Gasteiger partial charge is 0.389 e. The molecule has 4 nitrogen and oxygen atoms in total. The Balaban J connectivity index is 1.53. The highest BCUT2D eigenvalue weighted by molar-refractivity contribution is 5.77. The van der Waals surface area contributed by atoms with Crippen LogP contribution in [-0.2, 0) is 4.79 Å². The van der Waals surface area contributed by atoms with Crippen molar-refractivity contribution in [3.05, 3.63) is 29.8 Å². The number of benzene rings is 1. The second-order valence-electron chi connectivity index (χ2n) is 7.06. The third-order valence-electron chi connectivity index (χ3n) is 5.08. The second-order valence-corrected chi connectivity index (χ2v) is 7.06. The van der Waals surface area contributed by atoms with Gasteiger partial charge < -0.3 is 15.3 Å². The molecule has 0 bridgehead atoms. The highest BCUT2D eigenvalue weighted by Gasteiger charge is 2.33. The van der Waals surface area contributed by atoms with Crippen LogP contribution in [-0.4, -0.2) is 35.7 Å². The van der Waals surface area contributed by atoms with Crippen LogP contribution in [0, 0.1) is 11.6 Å². The minimum absolute atomic E-state index is 0.0749. The van der Waals surface area contributed by atoms with Gasteiger partial charge in [-0.1, -0.05) is 19.3 Å². The average Bonchev–Trinajstić information content (AvgIpc) is 2.95. The van der Waals surface area contributed by atoms with Gasteiger partial charge in [0.05, 0.1) is 17.7 Å². The molecule has 1 heterocycles. The number of carbonyl (C=O) groups is 1. The van der Waals surface area contributed by atoms with E-state index in [1.807, 2.05) is 4.90 Å². The maximum absolute atomic E-state index is 13.8. The first kappa shape index (κ1) is 17.1. The van der Waals surface area contributed by atoms with E-state index in [0.717, 1.165) is 25.3 Å². The fraction of sp³-hybridized carbons (Fsp3) is 0.611. The molecule has 1 saturated heterocycles. The van der Waals surface area contributed by atoms with E-state index in [-0.39, 0.29) is 18.4 Å². The molecule has 1 unspecified atom stereocenters. The molecule has 0 aromatic heterocycles. The van der Waals surface area contributed by atoms with Crippen molar-refractivity contribution in [3.8, 4) is 0 Å². The summed E-state index contributed by atoms with van der Waals surface area (Å²) in [5, 5.41) is 13.4.